The topological polar surface area (TPSA) is 80.2 Å². The van der Waals surface area contributed by atoms with Crippen molar-refractivity contribution in [3.05, 3.63) is 18.5 Å². The molecular weight excluding hydrogens is 356 g/mol. The van der Waals surface area contributed by atoms with Gasteiger partial charge in [-0.25, -0.2) is 9.97 Å². The Bertz CT molecular complexity index is 637. The van der Waals surface area contributed by atoms with Crippen LogP contribution < -0.4 is 10.2 Å². The summed E-state index contributed by atoms with van der Waals surface area (Å²) in [6.45, 7) is 13.4. The molecule has 2 aliphatic heterocycles. The molecule has 0 atom stereocenters. The molecule has 0 bridgehead atoms. The highest BCUT2D eigenvalue weighted by Gasteiger charge is 2.21. The van der Waals surface area contributed by atoms with E-state index in [1.165, 1.54) is 0 Å². The molecule has 1 aromatic heterocycles. The summed E-state index contributed by atoms with van der Waals surface area (Å²) >= 11 is 0. The standard InChI is InChI=1S/C19H32N8O/c1-3-20-18(23-7-8-24-9-11-25(12-10-24)17(2)28)26-13-15-27(16-14-26)19-21-5-4-6-22-19/h4-6H,3,7-16H2,1-2H3,(H,20,23). The normalized spacial score (nSPS) is 19.1. The fourth-order valence-electron chi connectivity index (χ4n) is 3.58. The van der Waals surface area contributed by atoms with Gasteiger partial charge >= 0.3 is 0 Å². The molecule has 28 heavy (non-hydrogen) atoms. The molecule has 0 aromatic carbocycles. The second-order valence-electron chi connectivity index (χ2n) is 7.11. The Morgan fingerprint density at radius 3 is 2.29 bits per heavy atom. The van der Waals surface area contributed by atoms with Gasteiger partial charge in [-0.1, -0.05) is 0 Å². The van der Waals surface area contributed by atoms with E-state index >= 15 is 0 Å². The lowest BCUT2D eigenvalue weighted by Crippen LogP contribution is -2.53. The van der Waals surface area contributed by atoms with E-state index in [9.17, 15) is 4.79 Å². The van der Waals surface area contributed by atoms with Crippen LogP contribution in [0.5, 0.6) is 0 Å². The molecule has 0 unspecified atom stereocenters. The number of guanidine groups is 1. The number of anilines is 1. The number of rotatable bonds is 5. The predicted molar refractivity (Wildman–Crippen MR) is 110 cm³/mol. The minimum Gasteiger partial charge on any atom is -0.357 e. The molecule has 9 nitrogen and oxygen atoms in total. The van der Waals surface area contributed by atoms with E-state index < -0.39 is 0 Å². The molecule has 2 saturated heterocycles. The van der Waals surface area contributed by atoms with Gasteiger partial charge < -0.3 is 20.0 Å². The first-order chi connectivity index (χ1) is 13.7. The molecule has 1 N–H and O–H groups in total. The lowest BCUT2D eigenvalue weighted by atomic mass is 10.3. The SMILES string of the molecule is CCNC(=NCCN1CCN(C(C)=O)CC1)N1CCN(c2ncccn2)CC1. The number of hydrogen-bond acceptors (Lipinski definition) is 6. The number of carbonyl (C=O) groups excluding carboxylic acids is 1. The second kappa shape index (κ2) is 10.2. The van der Waals surface area contributed by atoms with E-state index in [2.05, 4.69) is 36.9 Å². The molecule has 154 valence electrons. The molecule has 3 heterocycles. The van der Waals surface area contributed by atoms with Gasteiger partial charge in [-0.3, -0.25) is 14.7 Å². The maximum atomic E-state index is 11.4. The van der Waals surface area contributed by atoms with Crippen LogP contribution in [0.25, 0.3) is 0 Å². The molecule has 2 fully saturated rings. The van der Waals surface area contributed by atoms with Crippen LogP contribution in [0, 0.1) is 0 Å². The van der Waals surface area contributed by atoms with E-state index in [1.54, 1.807) is 19.3 Å². The number of piperazine rings is 2. The Balaban J connectivity index is 1.46. The minimum absolute atomic E-state index is 0.173. The highest BCUT2D eigenvalue weighted by Crippen LogP contribution is 2.10. The zero-order valence-corrected chi connectivity index (χ0v) is 17.0. The number of carbonyl (C=O) groups is 1. The average molecular weight is 389 g/mol. The summed E-state index contributed by atoms with van der Waals surface area (Å²) in [4.78, 5) is 33.8. The quantitative estimate of drug-likeness (QED) is 0.549. The molecular formula is C19H32N8O. The zero-order chi connectivity index (χ0) is 19.8. The molecule has 2 aliphatic rings. The van der Waals surface area contributed by atoms with Gasteiger partial charge in [0, 0.05) is 84.8 Å². The largest absolute Gasteiger partial charge is 0.357 e. The second-order valence-corrected chi connectivity index (χ2v) is 7.11. The number of aliphatic imine (C=N–C) groups is 1. The third-order valence-electron chi connectivity index (χ3n) is 5.24. The smallest absolute Gasteiger partial charge is 0.225 e. The third-order valence-corrected chi connectivity index (χ3v) is 5.24. The molecule has 1 aromatic rings. The van der Waals surface area contributed by atoms with Crippen molar-refractivity contribution in [1.82, 2.24) is 30.0 Å². The lowest BCUT2D eigenvalue weighted by molar-refractivity contribution is -0.130. The van der Waals surface area contributed by atoms with Crippen LogP contribution in [-0.4, -0.2) is 109 Å². The van der Waals surface area contributed by atoms with Gasteiger partial charge in [0.15, 0.2) is 5.96 Å². The molecule has 1 amide bonds. The summed E-state index contributed by atoms with van der Waals surface area (Å²) < 4.78 is 0. The summed E-state index contributed by atoms with van der Waals surface area (Å²) in [5.41, 5.74) is 0. The third kappa shape index (κ3) is 5.54. The van der Waals surface area contributed by atoms with Gasteiger partial charge in [0.25, 0.3) is 0 Å². The fraction of sp³-hybridized carbons (Fsp3) is 0.684. The molecule has 0 radical (unpaired) electrons. The first-order valence-electron chi connectivity index (χ1n) is 10.2. The van der Waals surface area contributed by atoms with E-state index in [4.69, 9.17) is 4.99 Å². The van der Waals surface area contributed by atoms with Crippen molar-refractivity contribution in [2.45, 2.75) is 13.8 Å². The van der Waals surface area contributed by atoms with E-state index in [-0.39, 0.29) is 5.91 Å². The van der Waals surface area contributed by atoms with Crippen LogP contribution in [0.1, 0.15) is 13.8 Å². The zero-order valence-electron chi connectivity index (χ0n) is 17.0. The number of aromatic nitrogens is 2. The van der Waals surface area contributed by atoms with E-state index in [0.717, 1.165) is 83.9 Å². The summed E-state index contributed by atoms with van der Waals surface area (Å²) in [6, 6.07) is 1.84. The van der Waals surface area contributed by atoms with Crippen LogP contribution in [0.3, 0.4) is 0 Å². The number of hydrogen-bond donors (Lipinski definition) is 1. The maximum absolute atomic E-state index is 11.4. The fourth-order valence-corrected chi connectivity index (χ4v) is 3.58. The van der Waals surface area contributed by atoms with Crippen LogP contribution in [0.15, 0.2) is 23.5 Å². The monoisotopic (exact) mass is 388 g/mol. The van der Waals surface area contributed by atoms with Crippen LogP contribution >= 0.6 is 0 Å². The van der Waals surface area contributed by atoms with Crippen molar-refractivity contribution in [1.29, 1.82) is 0 Å². The Hall–Kier alpha value is -2.42. The van der Waals surface area contributed by atoms with Crippen LogP contribution in [-0.2, 0) is 4.79 Å². The average Bonchev–Trinajstić information content (AvgIpc) is 2.74. The maximum Gasteiger partial charge on any atom is 0.225 e. The number of amides is 1. The van der Waals surface area contributed by atoms with Gasteiger partial charge in [-0.05, 0) is 13.0 Å². The lowest BCUT2D eigenvalue weighted by Gasteiger charge is -2.36. The van der Waals surface area contributed by atoms with E-state index in [1.807, 2.05) is 11.0 Å². The minimum atomic E-state index is 0.173. The van der Waals surface area contributed by atoms with Gasteiger partial charge in [-0.2, -0.15) is 0 Å². The van der Waals surface area contributed by atoms with Crippen molar-refractivity contribution in [2.24, 2.45) is 4.99 Å². The summed E-state index contributed by atoms with van der Waals surface area (Å²) in [6.07, 6.45) is 3.58. The van der Waals surface area contributed by atoms with E-state index in [0.29, 0.717) is 0 Å². The van der Waals surface area contributed by atoms with Crippen molar-refractivity contribution >= 4 is 17.8 Å². The van der Waals surface area contributed by atoms with Gasteiger partial charge in [0.2, 0.25) is 11.9 Å². The molecule has 9 heteroatoms. The molecule has 0 spiro atoms. The summed E-state index contributed by atoms with van der Waals surface area (Å²) in [7, 11) is 0. The predicted octanol–water partition coefficient (Wildman–Crippen LogP) is -0.272. The highest BCUT2D eigenvalue weighted by atomic mass is 16.2. The molecule has 0 saturated carbocycles. The van der Waals surface area contributed by atoms with Crippen molar-refractivity contribution in [3.63, 3.8) is 0 Å². The first kappa shape index (κ1) is 20.3. The summed E-state index contributed by atoms with van der Waals surface area (Å²) in [5.74, 6) is 1.96. The Morgan fingerprint density at radius 1 is 1.04 bits per heavy atom. The van der Waals surface area contributed by atoms with Crippen LogP contribution in [0.4, 0.5) is 5.95 Å². The number of nitrogens with zero attached hydrogens (tertiary/aromatic N) is 7. The number of nitrogens with one attached hydrogen (secondary N) is 1. The first-order valence-corrected chi connectivity index (χ1v) is 10.2. The highest BCUT2D eigenvalue weighted by molar-refractivity contribution is 5.80. The Kier molecular flexibility index (Phi) is 7.41. The Labute approximate surface area is 167 Å². The van der Waals surface area contributed by atoms with Crippen molar-refractivity contribution in [3.8, 4) is 0 Å². The Morgan fingerprint density at radius 2 is 1.68 bits per heavy atom. The van der Waals surface area contributed by atoms with Crippen molar-refractivity contribution in [2.75, 3.05) is 76.9 Å². The summed E-state index contributed by atoms with van der Waals surface area (Å²) in [5, 5.41) is 3.42. The van der Waals surface area contributed by atoms with Crippen LogP contribution in [0.2, 0.25) is 0 Å². The van der Waals surface area contributed by atoms with Crippen molar-refractivity contribution < 1.29 is 4.79 Å². The van der Waals surface area contributed by atoms with Gasteiger partial charge in [-0.15, -0.1) is 0 Å². The molecule has 3 rings (SSSR count). The van der Waals surface area contributed by atoms with Gasteiger partial charge in [0.1, 0.15) is 0 Å². The van der Waals surface area contributed by atoms with Gasteiger partial charge in [0.05, 0.1) is 6.54 Å². The molecule has 0 aliphatic carbocycles.